The summed E-state index contributed by atoms with van der Waals surface area (Å²) in [6.07, 6.45) is 3.76. The lowest BCUT2D eigenvalue weighted by molar-refractivity contribution is -0.243. The van der Waals surface area contributed by atoms with Crippen LogP contribution in [0, 0.1) is 0 Å². The fraction of sp³-hybridized carbons (Fsp3) is 0.0556. The van der Waals surface area contributed by atoms with Crippen LogP contribution in [0.25, 0.3) is 5.70 Å². The standard InChI is InChI=1S/C18H19N3O2/c1-20-17(11-10-16(19)13-6-3-2-4-7-13)21-15-9-5-8-14(12-15)18(22)23/h2-12,20-21H,19H2,1H3,(H,22,23)/p+1/b16-10-,17-11+. The van der Waals surface area contributed by atoms with Crippen LogP contribution < -0.4 is 16.4 Å². The van der Waals surface area contributed by atoms with E-state index in [9.17, 15) is 4.79 Å². The number of hydrogen-bond acceptors (Lipinski definition) is 3. The Kier molecular flexibility index (Phi) is 5.55. The molecule has 0 aromatic heterocycles. The lowest BCUT2D eigenvalue weighted by atomic mass is 10.1. The molecular formula is C18H20N3O2+. The fourth-order valence-corrected chi connectivity index (χ4v) is 2.01. The molecule has 0 saturated carbocycles. The number of quaternary nitrogens is 1. The molecule has 23 heavy (non-hydrogen) atoms. The normalized spacial score (nSPS) is 11.9. The number of carboxylic acid groups (broad SMARTS) is 1. The highest BCUT2D eigenvalue weighted by molar-refractivity contribution is 5.88. The molecule has 2 aromatic rings. The van der Waals surface area contributed by atoms with Gasteiger partial charge in [-0.25, -0.2) is 4.79 Å². The molecular weight excluding hydrogens is 290 g/mol. The molecule has 0 amide bonds. The number of anilines is 1. The Morgan fingerprint density at radius 2 is 1.74 bits per heavy atom. The first-order chi connectivity index (χ1) is 11.1. The molecule has 0 aliphatic rings. The third-order valence-electron chi connectivity index (χ3n) is 3.25. The van der Waals surface area contributed by atoms with Gasteiger partial charge in [-0.2, -0.15) is 0 Å². The molecule has 2 rings (SSSR count). The van der Waals surface area contributed by atoms with Crippen LogP contribution in [-0.4, -0.2) is 18.1 Å². The molecule has 0 spiro atoms. The Morgan fingerprint density at radius 3 is 2.39 bits per heavy atom. The number of carbonyl (C=O) groups is 1. The van der Waals surface area contributed by atoms with Crippen molar-refractivity contribution in [2.75, 3.05) is 12.4 Å². The Bertz CT molecular complexity index is 737. The van der Waals surface area contributed by atoms with Crippen LogP contribution in [0.3, 0.4) is 0 Å². The number of nitrogens with one attached hydrogen (secondary N) is 2. The van der Waals surface area contributed by atoms with Crippen LogP contribution in [-0.2, 0) is 0 Å². The van der Waals surface area contributed by atoms with Crippen molar-refractivity contribution in [3.05, 3.63) is 83.7 Å². The minimum atomic E-state index is -0.951. The molecule has 0 heterocycles. The second kappa shape index (κ2) is 7.82. The van der Waals surface area contributed by atoms with E-state index in [1.54, 1.807) is 25.2 Å². The quantitative estimate of drug-likeness (QED) is 0.616. The van der Waals surface area contributed by atoms with Crippen LogP contribution in [0.5, 0.6) is 0 Å². The number of hydrogen-bond donors (Lipinski definition) is 4. The molecule has 0 radical (unpaired) electrons. The Balaban J connectivity index is 2.16. The van der Waals surface area contributed by atoms with Gasteiger partial charge in [-0.3, -0.25) is 0 Å². The van der Waals surface area contributed by atoms with Gasteiger partial charge >= 0.3 is 5.97 Å². The van der Waals surface area contributed by atoms with Gasteiger partial charge in [-0.05, 0) is 36.4 Å². The average molecular weight is 310 g/mol. The van der Waals surface area contributed by atoms with Gasteiger partial charge in [-0.15, -0.1) is 0 Å². The summed E-state index contributed by atoms with van der Waals surface area (Å²) >= 11 is 0. The summed E-state index contributed by atoms with van der Waals surface area (Å²) in [6.45, 7) is 0. The highest BCUT2D eigenvalue weighted by atomic mass is 16.4. The summed E-state index contributed by atoms with van der Waals surface area (Å²) in [4.78, 5) is 11.0. The number of rotatable bonds is 6. The van der Waals surface area contributed by atoms with Crippen molar-refractivity contribution in [1.29, 1.82) is 0 Å². The SMILES string of the molecule is CN/C(=C\C=C(/[NH3+])c1ccccc1)Nc1cccc(C(=O)O)c1. The van der Waals surface area contributed by atoms with E-state index < -0.39 is 5.97 Å². The second-order valence-corrected chi connectivity index (χ2v) is 4.90. The third kappa shape index (κ3) is 4.72. The van der Waals surface area contributed by atoms with E-state index in [1.807, 2.05) is 48.6 Å². The van der Waals surface area contributed by atoms with Gasteiger partial charge in [0.05, 0.1) is 5.56 Å². The van der Waals surface area contributed by atoms with Crippen molar-refractivity contribution in [3.8, 4) is 0 Å². The zero-order valence-electron chi connectivity index (χ0n) is 12.9. The van der Waals surface area contributed by atoms with Crippen LogP contribution in [0.1, 0.15) is 15.9 Å². The molecule has 0 saturated heterocycles. The number of benzene rings is 2. The summed E-state index contributed by atoms with van der Waals surface area (Å²) in [6, 6.07) is 16.5. The van der Waals surface area contributed by atoms with Gasteiger partial charge in [0.1, 0.15) is 11.5 Å². The van der Waals surface area contributed by atoms with Crippen molar-refractivity contribution in [3.63, 3.8) is 0 Å². The Morgan fingerprint density at radius 1 is 1.04 bits per heavy atom. The average Bonchev–Trinajstić information content (AvgIpc) is 2.59. The van der Waals surface area contributed by atoms with Crippen LogP contribution in [0.2, 0.25) is 0 Å². The molecule has 0 unspecified atom stereocenters. The Labute approximate surface area is 135 Å². The number of allylic oxidation sites excluding steroid dienone is 2. The van der Waals surface area contributed by atoms with E-state index in [2.05, 4.69) is 16.4 Å². The zero-order valence-corrected chi connectivity index (χ0v) is 12.9. The van der Waals surface area contributed by atoms with Gasteiger partial charge in [0.2, 0.25) is 0 Å². The van der Waals surface area contributed by atoms with Gasteiger partial charge < -0.3 is 21.5 Å². The Hall–Kier alpha value is -3.05. The summed E-state index contributed by atoms with van der Waals surface area (Å²) in [5.74, 6) is -0.211. The molecule has 0 aliphatic heterocycles. The van der Waals surface area contributed by atoms with Crippen molar-refractivity contribution in [2.45, 2.75) is 0 Å². The number of aromatic carboxylic acids is 1. The first kappa shape index (κ1) is 16.3. The van der Waals surface area contributed by atoms with Crippen molar-refractivity contribution in [2.24, 2.45) is 0 Å². The number of carboxylic acids is 1. The van der Waals surface area contributed by atoms with E-state index in [4.69, 9.17) is 5.11 Å². The molecule has 0 bridgehead atoms. The monoisotopic (exact) mass is 310 g/mol. The van der Waals surface area contributed by atoms with E-state index >= 15 is 0 Å². The predicted octanol–water partition coefficient (Wildman–Crippen LogP) is 2.14. The van der Waals surface area contributed by atoms with E-state index in [-0.39, 0.29) is 5.56 Å². The molecule has 0 atom stereocenters. The topological polar surface area (TPSA) is 89.0 Å². The van der Waals surface area contributed by atoms with Crippen LogP contribution in [0.4, 0.5) is 5.69 Å². The third-order valence-corrected chi connectivity index (χ3v) is 3.25. The highest BCUT2D eigenvalue weighted by Gasteiger charge is 2.04. The maximum absolute atomic E-state index is 11.0. The molecule has 5 nitrogen and oxygen atoms in total. The lowest BCUT2D eigenvalue weighted by Gasteiger charge is -2.10. The largest absolute Gasteiger partial charge is 0.478 e. The molecule has 6 N–H and O–H groups in total. The molecule has 0 aliphatic carbocycles. The summed E-state index contributed by atoms with van der Waals surface area (Å²) in [7, 11) is 1.79. The van der Waals surface area contributed by atoms with Crippen molar-refractivity contribution >= 4 is 17.4 Å². The maximum Gasteiger partial charge on any atom is 0.335 e. The van der Waals surface area contributed by atoms with E-state index in [0.717, 1.165) is 17.1 Å². The van der Waals surface area contributed by atoms with Crippen LogP contribution >= 0.6 is 0 Å². The summed E-state index contributed by atoms with van der Waals surface area (Å²) in [5, 5.41) is 15.2. The van der Waals surface area contributed by atoms with E-state index in [1.165, 1.54) is 0 Å². The highest BCUT2D eigenvalue weighted by Crippen LogP contribution is 2.13. The maximum atomic E-state index is 11.0. The molecule has 2 aromatic carbocycles. The molecule has 0 fully saturated rings. The lowest BCUT2D eigenvalue weighted by Crippen LogP contribution is -2.45. The predicted molar refractivity (Wildman–Crippen MR) is 91.5 cm³/mol. The second-order valence-electron chi connectivity index (χ2n) is 4.90. The first-order valence-electron chi connectivity index (χ1n) is 7.17. The zero-order chi connectivity index (χ0) is 16.7. The van der Waals surface area contributed by atoms with Gasteiger partial charge in [0.25, 0.3) is 0 Å². The first-order valence-corrected chi connectivity index (χ1v) is 7.17. The van der Waals surface area contributed by atoms with Gasteiger partial charge in [0, 0.05) is 24.4 Å². The van der Waals surface area contributed by atoms with Gasteiger partial charge in [0.15, 0.2) is 0 Å². The van der Waals surface area contributed by atoms with Crippen molar-refractivity contribution in [1.82, 2.24) is 5.32 Å². The van der Waals surface area contributed by atoms with Crippen molar-refractivity contribution < 1.29 is 15.6 Å². The van der Waals surface area contributed by atoms with Crippen LogP contribution in [0.15, 0.2) is 72.6 Å². The summed E-state index contributed by atoms with van der Waals surface area (Å²) in [5.41, 5.74) is 6.92. The minimum Gasteiger partial charge on any atom is -0.478 e. The smallest absolute Gasteiger partial charge is 0.335 e. The summed E-state index contributed by atoms with van der Waals surface area (Å²) < 4.78 is 0. The van der Waals surface area contributed by atoms with E-state index in [0.29, 0.717) is 5.69 Å². The van der Waals surface area contributed by atoms with Gasteiger partial charge in [-0.1, -0.05) is 24.3 Å². The molecule has 118 valence electrons. The minimum absolute atomic E-state index is 0.239. The fourth-order valence-electron chi connectivity index (χ4n) is 2.01. The molecule has 5 heteroatoms.